The number of alkyl halides is 2. The third-order valence-corrected chi connectivity index (χ3v) is 4.48. The second-order valence-electron chi connectivity index (χ2n) is 5.80. The smallest absolute Gasteiger partial charge is 0.250 e. The SMILES string of the molecule is FC1(F)CCN(Cc2ccc(Br)cc2Oc2ccccc2)CC1. The summed E-state index contributed by atoms with van der Waals surface area (Å²) in [5, 5.41) is 0. The lowest BCUT2D eigenvalue weighted by molar-refractivity contribution is -0.0567. The molecule has 1 aliphatic rings. The van der Waals surface area contributed by atoms with E-state index < -0.39 is 5.92 Å². The van der Waals surface area contributed by atoms with E-state index in [1.807, 2.05) is 48.5 Å². The molecule has 0 bridgehead atoms. The van der Waals surface area contributed by atoms with E-state index in [0.717, 1.165) is 21.5 Å². The number of hydrogen-bond acceptors (Lipinski definition) is 2. The van der Waals surface area contributed by atoms with Crippen molar-refractivity contribution in [3.8, 4) is 11.5 Å². The van der Waals surface area contributed by atoms with Crippen molar-refractivity contribution in [2.24, 2.45) is 0 Å². The van der Waals surface area contributed by atoms with Gasteiger partial charge >= 0.3 is 0 Å². The molecule has 0 aliphatic carbocycles. The van der Waals surface area contributed by atoms with Crippen LogP contribution in [0.15, 0.2) is 53.0 Å². The Labute approximate surface area is 143 Å². The molecule has 0 N–H and O–H groups in total. The molecule has 3 rings (SSSR count). The molecule has 1 aliphatic heterocycles. The summed E-state index contributed by atoms with van der Waals surface area (Å²) < 4.78 is 33.5. The van der Waals surface area contributed by atoms with Crippen LogP contribution in [-0.2, 0) is 6.54 Å². The first-order valence-electron chi connectivity index (χ1n) is 7.63. The van der Waals surface area contributed by atoms with Crippen molar-refractivity contribution < 1.29 is 13.5 Å². The first-order chi connectivity index (χ1) is 11.0. The number of piperidine rings is 1. The first-order valence-corrected chi connectivity index (χ1v) is 8.43. The number of ether oxygens (including phenoxy) is 1. The van der Waals surface area contributed by atoms with E-state index in [4.69, 9.17) is 4.74 Å². The number of rotatable bonds is 4. The fourth-order valence-corrected chi connectivity index (χ4v) is 2.99. The van der Waals surface area contributed by atoms with Crippen LogP contribution in [0, 0.1) is 0 Å². The average molecular weight is 382 g/mol. The zero-order chi connectivity index (χ0) is 16.3. The average Bonchev–Trinajstić information content (AvgIpc) is 2.53. The monoisotopic (exact) mass is 381 g/mol. The Balaban J connectivity index is 1.74. The summed E-state index contributed by atoms with van der Waals surface area (Å²) >= 11 is 3.46. The van der Waals surface area contributed by atoms with Crippen LogP contribution in [0.4, 0.5) is 8.78 Å². The van der Waals surface area contributed by atoms with Crippen molar-refractivity contribution >= 4 is 15.9 Å². The van der Waals surface area contributed by atoms with E-state index in [9.17, 15) is 8.78 Å². The van der Waals surface area contributed by atoms with Crippen LogP contribution in [0.3, 0.4) is 0 Å². The van der Waals surface area contributed by atoms with Crippen LogP contribution >= 0.6 is 15.9 Å². The summed E-state index contributed by atoms with van der Waals surface area (Å²) in [7, 11) is 0. The molecule has 5 heteroatoms. The Morgan fingerprint density at radius 3 is 2.43 bits per heavy atom. The van der Waals surface area contributed by atoms with Crippen LogP contribution in [-0.4, -0.2) is 23.9 Å². The van der Waals surface area contributed by atoms with Gasteiger partial charge in [-0.15, -0.1) is 0 Å². The van der Waals surface area contributed by atoms with Gasteiger partial charge in [0.1, 0.15) is 11.5 Å². The van der Waals surface area contributed by atoms with Crippen LogP contribution in [0.2, 0.25) is 0 Å². The van der Waals surface area contributed by atoms with E-state index in [0.29, 0.717) is 19.6 Å². The number of para-hydroxylation sites is 1. The van der Waals surface area contributed by atoms with Gasteiger partial charge in [0.05, 0.1) is 0 Å². The van der Waals surface area contributed by atoms with Crippen molar-refractivity contribution in [3.63, 3.8) is 0 Å². The topological polar surface area (TPSA) is 12.5 Å². The quantitative estimate of drug-likeness (QED) is 0.695. The van der Waals surface area contributed by atoms with Crippen LogP contribution in [0.5, 0.6) is 11.5 Å². The second-order valence-corrected chi connectivity index (χ2v) is 6.71. The van der Waals surface area contributed by atoms with Crippen molar-refractivity contribution in [2.75, 3.05) is 13.1 Å². The van der Waals surface area contributed by atoms with Crippen LogP contribution < -0.4 is 4.74 Å². The molecule has 0 atom stereocenters. The van der Waals surface area contributed by atoms with Crippen LogP contribution in [0.1, 0.15) is 18.4 Å². The molecule has 0 aromatic heterocycles. The molecule has 1 fully saturated rings. The lowest BCUT2D eigenvalue weighted by Gasteiger charge is -2.32. The van der Waals surface area contributed by atoms with Crippen molar-refractivity contribution in [1.29, 1.82) is 0 Å². The van der Waals surface area contributed by atoms with Gasteiger partial charge in [-0.05, 0) is 24.3 Å². The fourth-order valence-electron chi connectivity index (χ4n) is 2.65. The second kappa shape index (κ2) is 6.97. The van der Waals surface area contributed by atoms with Gasteiger partial charge in [-0.1, -0.05) is 40.2 Å². The molecule has 2 nitrogen and oxygen atoms in total. The van der Waals surface area contributed by atoms with Gasteiger partial charge in [0.15, 0.2) is 0 Å². The predicted molar refractivity (Wildman–Crippen MR) is 90.1 cm³/mol. The lowest BCUT2D eigenvalue weighted by Crippen LogP contribution is -2.38. The third-order valence-electron chi connectivity index (χ3n) is 3.98. The Morgan fingerprint density at radius 2 is 1.74 bits per heavy atom. The summed E-state index contributed by atoms with van der Waals surface area (Å²) in [5.74, 6) is -1.00. The summed E-state index contributed by atoms with van der Waals surface area (Å²) in [4.78, 5) is 2.05. The summed E-state index contributed by atoms with van der Waals surface area (Å²) in [6.07, 6.45) is -0.142. The predicted octanol–water partition coefficient (Wildman–Crippen LogP) is 5.47. The third kappa shape index (κ3) is 4.52. The Hall–Kier alpha value is -1.46. The Kier molecular flexibility index (Phi) is 4.97. The standard InChI is InChI=1S/C18H18BrF2NO/c19-15-7-6-14(13-22-10-8-18(20,21)9-11-22)17(12-15)23-16-4-2-1-3-5-16/h1-7,12H,8-11,13H2. The molecular weight excluding hydrogens is 364 g/mol. The summed E-state index contributed by atoms with van der Waals surface area (Å²) in [5.41, 5.74) is 1.00. The number of nitrogens with zero attached hydrogens (tertiary/aromatic N) is 1. The van der Waals surface area contributed by atoms with E-state index in [-0.39, 0.29) is 12.8 Å². The van der Waals surface area contributed by atoms with Gasteiger partial charge in [-0.2, -0.15) is 0 Å². The molecule has 0 amide bonds. The minimum absolute atomic E-state index is 0.0710. The molecule has 2 aromatic carbocycles. The Morgan fingerprint density at radius 1 is 1.04 bits per heavy atom. The highest BCUT2D eigenvalue weighted by Gasteiger charge is 2.34. The van der Waals surface area contributed by atoms with Gasteiger partial charge in [-0.25, -0.2) is 8.78 Å². The minimum atomic E-state index is -2.51. The normalized spacial score (nSPS) is 17.9. The van der Waals surface area contributed by atoms with E-state index in [1.54, 1.807) is 0 Å². The molecule has 0 unspecified atom stereocenters. The van der Waals surface area contributed by atoms with Crippen molar-refractivity contribution in [3.05, 3.63) is 58.6 Å². The maximum absolute atomic E-state index is 13.3. The molecule has 1 saturated heterocycles. The maximum atomic E-state index is 13.3. The molecule has 0 saturated carbocycles. The van der Waals surface area contributed by atoms with Gasteiger partial charge in [0.2, 0.25) is 0 Å². The summed E-state index contributed by atoms with van der Waals surface area (Å²) in [6, 6.07) is 15.4. The number of hydrogen-bond donors (Lipinski definition) is 0. The highest BCUT2D eigenvalue weighted by Crippen LogP contribution is 2.32. The van der Waals surface area contributed by atoms with Crippen LogP contribution in [0.25, 0.3) is 0 Å². The molecule has 122 valence electrons. The van der Waals surface area contributed by atoms with E-state index in [1.165, 1.54) is 0 Å². The van der Waals surface area contributed by atoms with E-state index >= 15 is 0 Å². The molecular formula is C18H18BrF2NO. The largest absolute Gasteiger partial charge is 0.457 e. The first kappa shape index (κ1) is 16.4. The highest BCUT2D eigenvalue weighted by atomic mass is 79.9. The molecule has 0 spiro atoms. The highest BCUT2D eigenvalue weighted by molar-refractivity contribution is 9.10. The minimum Gasteiger partial charge on any atom is -0.457 e. The van der Waals surface area contributed by atoms with Gasteiger partial charge in [0, 0.05) is 42.5 Å². The lowest BCUT2D eigenvalue weighted by atomic mass is 10.1. The molecule has 1 heterocycles. The van der Waals surface area contributed by atoms with Crippen molar-refractivity contribution in [2.45, 2.75) is 25.3 Å². The number of benzene rings is 2. The van der Waals surface area contributed by atoms with Gasteiger partial charge in [0.25, 0.3) is 5.92 Å². The Bertz CT molecular complexity index is 653. The molecule has 23 heavy (non-hydrogen) atoms. The zero-order valence-electron chi connectivity index (χ0n) is 12.6. The van der Waals surface area contributed by atoms with Crippen molar-refractivity contribution in [1.82, 2.24) is 4.90 Å². The fraction of sp³-hybridized carbons (Fsp3) is 0.333. The maximum Gasteiger partial charge on any atom is 0.250 e. The van der Waals surface area contributed by atoms with Gasteiger partial charge < -0.3 is 4.74 Å². The molecule has 2 aromatic rings. The number of likely N-dealkylation sites (tertiary alicyclic amines) is 1. The summed E-state index contributed by atoms with van der Waals surface area (Å²) in [6.45, 7) is 1.44. The number of halogens is 3. The zero-order valence-corrected chi connectivity index (χ0v) is 14.2. The van der Waals surface area contributed by atoms with Gasteiger partial charge in [-0.3, -0.25) is 4.90 Å². The van der Waals surface area contributed by atoms with E-state index in [2.05, 4.69) is 20.8 Å². The molecule has 0 radical (unpaired) electrons.